The van der Waals surface area contributed by atoms with Crippen LogP contribution in [0.25, 0.3) is 4.96 Å². The van der Waals surface area contributed by atoms with Gasteiger partial charge in [0.15, 0.2) is 4.34 Å². The van der Waals surface area contributed by atoms with E-state index in [4.69, 9.17) is 4.98 Å². The van der Waals surface area contributed by atoms with Gasteiger partial charge < -0.3 is 4.90 Å². The van der Waals surface area contributed by atoms with Crippen molar-refractivity contribution in [3.05, 3.63) is 57.5 Å². The number of thioether (sulfide) groups is 1. The van der Waals surface area contributed by atoms with Crippen LogP contribution in [0.15, 0.2) is 39.5 Å². The van der Waals surface area contributed by atoms with Gasteiger partial charge in [0.1, 0.15) is 0 Å². The number of nitrogens with zero attached hydrogens (tertiary/aromatic N) is 5. The minimum Gasteiger partial charge on any atom is -0.342 e. The van der Waals surface area contributed by atoms with Crippen molar-refractivity contribution in [1.29, 1.82) is 0 Å². The number of carbonyl (C=O) groups excluding carboxylic acids is 1. The van der Waals surface area contributed by atoms with Crippen LogP contribution in [0, 0.1) is 0 Å². The Hall–Kier alpha value is -2.23. The van der Waals surface area contributed by atoms with E-state index in [1.165, 1.54) is 33.2 Å². The first kappa shape index (κ1) is 20.7. The molecule has 0 unspecified atom stereocenters. The molecule has 2 aliphatic heterocycles. The van der Waals surface area contributed by atoms with Gasteiger partial charge in [-0.1, -0.05) is 53.4 Å². The van der Waals surface area contributed by atoms with E-state index in [-0.39, 0.29) is 11.5 Å². The summed E-state index contributed by atoms with van der Waals surface area (Å²) in [5.74, 6) is 0.511. The zero-order valence-corrected chi connectivity index (χ0v) is 19.0. The molecule has 3 aromatic rings. The van der Waals surface area contributed by atoms with Crippen molar-refractivity contribution < 1.29 is 4.79 Å². The van der Waals surface area contributed by atoms with E-state index in [0.717, 1.165) is 67.5 Å². The molecular weight excluding hydrogens is 430 g/mol. The average molecular weight is 456 g/mol. The van der Waals surface area contributed by atoms with Gasteiger partial charge in [-0.25, -0.2) is 4.98 Å². The van der Waals surface area contributed by atoms with E-state index in [2.05, 4.69) is 34.3 Å². The molecule has 162 valence electrons. The fourth-order valence-corrected chi connectivity index (χ4v) is 6.05. The summed E-state index contributed by atoms with van der Waals surface area (Å²) in [6, 6.07) is 10.4. The Bertz CT molecular complexity index is 1140. The second kappa shape index (κ2) is 9.10. The molecule has 1 aromatic carbocycles. The summed E-state index contributed by atoms with van der Waals surface area (Å²) < 4.78 is 2.15. The molecule has 0 spiro atoms. The van der Waals surface area contributed by atoms with Gasteiger partial charge in [-0.15, -0.1) is 5.10 Å². The van der Waals surface area contributed by atoms with Crippen LogP contribution in [0.2, 0.25) is 0 Å². The van der Waals surface area contributed by atoms with Crippen molar-refractivity contribution in [1.82, 2.24) is 24.4 Å². The summed E-state index contributed by atoms with van der Waals surface area (Å²) in [5.41, 5.74) is 2.89. The van der Waals surface area contributed by atoms with Crippen molar-refractivity contribution in [3.8, 4) is 0 Å². The quantitative estimate of drug-likeness (QED) is 0.532. The number of hydrogen-bond donors (Lipinski definition) is 0. The Kier molecular flexibility index (Phi) is 6.06. The molecule has 0 N–H and O–H groups in total. The second-order valence-corrected chi connectivity index (χ2v) is 10.2. The van der Waals surface area contributed by atoms with E-state index in [1.807, 2.05) is 11.0 Å². The van der Waals surface area contributed by atoms with Gasteiger partial charge in [0.2, 0.25) is 10.9 Å². The normalized spacial score (nSPS) is 16.7. The summed E-state index contributed by atoms with van der Waals surface area (Å²) in [6.45, 7) is 4.15. The van der Waals surface area contributed by atoms with Crippen molar-refractivity contribution in [3.63, 3.8) is 0 Å². The molecule has 2 aliphatic rings. The van der Waals surface area contributed by atoms with Gasteiger partial charge in [0, 0.05) is 39.1 Å². The third-order valence-corrected chi connectivity index (χ3v) is 7.98. The number of hydrogen-bond acceptors (Lipinski definition) is 7. The number of aromatic nitrogens is 3. The third kappa shape index (κ3) is 4.53. The van der Waals surface area contributed by atoms with Gasteiger partial charge in [0.25, 0.3) is 5.56 Å². The molecule has 31 heavy (non-hydrogen) atoms. The smallest absolute Gasteiger partial charge is 0.279 e. The summed E-state index contributed by atoms with van der Waals surface area (Å²) >= 11 is 2.80. The van der Waals surface area contributed by atoms with Crippen LogP contribution < -0.4 is 5.56 Å². The van der Waals surface area contributed by atoms with Gasteiger partial charge in [-0.3, -0.25) is 14.5 Å². The topological polar surface area (TPSA) is 70.8 Å². The van der Waals surface area contributed by atoms with Crippen molar-refractivity contribution in [2.24, 2.45) is 0 Å². The summed E-state index contributed by atoms with van der Waals surface area (Å²) in [4.78, 5) is 35.0. The van der Waals surface area contributed by atoms with Gasteiger partial charge in [0.05, 0.1) is 17.0 Å². The molecule has 4 heterocycles. The van der Waals surface area contributed by atoms with Crippen LogP contribution >= 0.6 is 23.1 Å². The standard InChI is InChI=1S/C22H25N5O2S2/c28-19(26-10-4-5-11-26)15-30-22-24-27-20(29)17-14-25(12-8-16-6-2-1-3-7-16)13-9-18(17)23-21(27)31-22/h1-3,6-7H,4-5,8-15H2. The fraction of sp³-hybridized carbons (Fsp3) is 0.455. The lowest BCUT2D eigenvalue weighted by Gasteiger charge is -2.27. The summed E-state index contributed by atoms with van der Waals surface area (Å²) in [5, 5.41) is 4.47. The first-order chi connectivity index (χ1) is 15.2. The Morgan fingerprint density at radius 2 is 1.94 bits per heavy atom. The van der Waals surface area contributed by atoms with E-state index >= 15 is 0 Å². The van der Waals surface area contributed by atoms with Crippen LogP contribution in [0.4, 0.5) is 0 Å². The zero-order valence-electron chi connectivity index (χ0n) is 17.3. The zero-order chi connectivity index (χ0) is 21.2. The minimum absolute atomic E-state index is 0.0709. The first-order valence-corrected chi connectivity index (χ1v) is 12.6. The highest BCUT2D eigenvalue weighted by Gasteiger charge is 2.24. The Morgan fingerprint density at radius 3 is 2.74 bits per heavy atom. The molecule has 7 nitrogen and oxygen atoms in total. The van der Waals surface area contributed by atoms with E-state index in [1.54, 1.807) is 0 Å². The maximum atomic E-state index is 13.1. The number of carbonyl (C=O) groups is 1. The van der Waals surface area contributed by atoms with E-state index in [9.17, 15) is 9.59 Å². The lowest BCUT2D eigenvalue weighted by atomic mass is 10.1. The molecule has 5 rings (SSSR count). The fourth-order valence-electron chi connectivity index (χ4n) is 4.20. The van der Waals surface area contributed by atoms with Gasteiger partial charge in [-0.05, 0) is 24.8 Å². The van der Waals surface area contributed by atoms with Crippen molar-refractivity contribution in [2.75, 3.05) is 31.9 Å². The number of rotatable bonds is 6. The molecule has 0 aliphatic carbocycles. The highest BCUT2D eigenvalue weighted by molar-refractivity contribution is 8.01. The highest BCUT2D eigenvalue weighted by atomic mass is 32.2. The Morgan fingerprint density at radius 1 is 1.13 bits per heavy atom. The monoisotopic (exact) mass is 455 g/mol. The number of amides is 1. The maximum Gasteiger partial charge on any atom is 0.279 e. The Balaban J connectivity index is 1.28. The lowest BCUT2D eigenvalue weighted by Crippen LogP contribution is -2.37. The van der Waals surface area contributed by atoms with Crippen molar-refractivity contribution in [2.45, 2.75) is 36.6 Å². The van der Waals surface area contributed by atoms with E-state index < -0.39 is 0 Å². The number of benzene rings is 1. The van der Waals surface area contributed by atoms with E-state index in [0.29, 0.717) is 17.3 Å². The first-order valence-electron chi connectivity index (χ1n) is 10.8. The molecule has 0 bridgehead atoms. The molecule has 0 saturated carbocycles. The molecule has 1 saturated heterocycles. The molecule has 1 fully saturated rings. The van der Waals surface area contributed by atoms with Gasteiger partial charge in [-0.2, -0.15) is 4.52 Å². The average Bonchev–Trinajstić information content (AvgIpc) is 3.47. The molecule has 0 atom stereocenters. The predicted molar refractivity (Wildman–Crippen MR) is 123 cm³/mol. The SMILES string of the molecule is O=C(CSc1nn2c(=O)c3c(nc2s1)CCN(CCc1ccccc1)C3)N1CCCC1. The molecular formula is C22H25N5O2S2. The molecule has 0 radical (unpaired) electrons. The van der Waals surface area contributed by atoms with Crippen molar-refractivity contribution >= 4 is 34.0 Å². The highest BCUT2D eigenvalue weighted by Crippen LogP contribution is 2.25. The molecule has 2 aromatic heterocycles. The van der Waals surface area contributed by atoms with Crippen LogP contribution in [0.3, 0.4) is 0 Å². The van der Waals surface area contributed by atoms with Crippen LogP contribution in [-0.4, -0.2) is 62.2 Å². The third-order valence-electron chi connectivity index (χ3n) is 5.95. The largest absolute Gasteiger partial charge is 0.342 e. The van der Waals surface area contributed by atoms with Gasteiger partial charge >= 0.3 is 0 Å². The van der Waals surface area contributed by atoms with Crippen LogP contribution in [0.1, 0.15) is 29.7 Å². The maximum absolute atomic E-state index is 13.1. The Labute approximate surface area is 189 Å². The predicted octanol–water partition coefficient (Wildman–Crippen LogP) is 2.47. The molecule has 9 heteroatoms. The van der Waals surface area contributed by atoms with Crippen LogP contribution in [-0.2, 0) is 24.2 Å². The minimum atomic E-state index is -0.0709. The second-order valence-electron chi connectivity index (χ2n) is 8.04. The number of likely N-dealkylation sites (tertiary alicyclic amines) is 1. The molecule has 1 amide bonds. The summed E-state index contributed by atoms with van der Waals surface area (Å²) in [6.07, 6.45) is 3.93. The number of fused-ring (bicyclic) bond motifs is 2. The lowest BCUT2D eigenvalue weighted by molar-refractivity contribution is -0.127. The summed E-state index contributed by atoms with van der Waals surface area (Å²) in [7, 11) is 0. The van der Waals surface area contributed by atoms with Crippen LogP contribution in [0.5, 0.6) is 0 Å².